The van der Waals surface area contributed by atoms with Crippen LogP contribution in [0.1, 0.15) is 18.4 Å². The van der Waals surface area contributed by atoms with E-state index >= 15 is 0 Å². The van der Waals surface area contributed by atoms with Gasteiger partial charge >= 0.3 is 0 Å². The van der Waals surface area contributed by atoms with Gasteiger partial charge in [0.1, 0.15) is 6.04 Å². The van der Waals surface area contributed by atoms with Gasteiger partial charge in [-0.1, -0.05) is 30.3 Å². The first-order chi connectivity index (χ1) is 12.5. The average Bonchev–Trinajstić information content (AvgIpc) is 3.15. The van der Waals surface area contributed by atoms with Crippen molar-refractivity contribution in [2.75, 3.05) is 19.0 Å². The number of carbonyl (C=O) groups is 1. The maximum atomic E-state index is 12.9. The second kappa shape index (κ2) is 7.99. The van der Waals surface area contributed by atoms with Gasteiger partial charge in [-0.3, -0.25) is 4.79 Å². The number of nitrogens with zero attached hydrogens (tertiary/aromatic N) is 1. The smallest absolute Gasteiger partial charge is 0.243 e. The number of carbonyl (C=O) groups excluding carboxylic acids is 1. The van der Waals surface area contributed by atoms with E-state index in [0.29, 0.717) is 31.7 Å². The van der Waals surface area contributed by atoms with Crippen molar-refractivity contribution in [3.05, 3.63) is 60.2 Å². The molecule has 1 N–H and O–H groups in total. The van der Waals surface area contributed by atoms with Crippen molar-refractivity contribution in [3.8, 4) is 0 Å². The zero-order chi connectivity index (χ0) is 18.6. The molecule has 1 atom stereocenters. The van der Waals surface area contributed by atoms with Gasteiger partial charge in [0.2, 0.25) is 15.9 Å². The maximum Gasteiger partial charge on any atom is 0.243 e. The number of benzene rings is 2. The van der Waals surface area contributed by atoms with E-state index in [-0.39, 0.29) is 10.8 Å². The number of nitrogens with one attached hydrogen (secondary N) is 1. The third-order valence-electron chi connectivity index (χ3n) is 4.39. The first kappa shape index (κ1) is 18.6. The number of amides is 1. The molecule has 3 rings (SSSR count). The highest BCUT2D eigenvalue weighted by Crippen LogP contribution is 2.27. The molecule has 0 unspecified atom stereocenters. The molecule has 1 aliphatic heterocycles. The van der Waals surface area contributed by atoms with Gasteiger partial charge < -0.3 is 10.1 Å². The van der Waals surface area contributed by atoms with Crippen molar-refractivity contribution in [2.45, 2.75) is 30.4 Å². The second-order valence-electron chi connectivity index (χ2n) is 6.21. The van der Waals surface area contributed by atoms with Crippen LogP contribution >= 0.6 is 0 Å². The summed E-state index contributed by atoms with van der Waals surface area (Å²) in [6.07, 6.45) is 1.18. The zero-order valence-electron chi connectivity index (χ0n) is 14.6. The molecule has 2 aromatic carbocycles. The molecule has 1 heterocycles. The number of rotatable bonds is 6. The van der Waals surface area contributed by atoms with Crippen molar-refractivity contribution in [1.82, 2.24) is 4.31 Å². The van der Waals surface area contributed by atoms with Crippen LogP contribution < -0.4 is 5.32 Å². The number of sulfonamides is 1. The summed E-state index contributed by atoms with van der Waals surface area (Å²) in [7, 11) is -2.06. The fraction of sp³-hybridized carbons (Fsp3) is 0.316. The van der Waals surface area contributed by atoms with Crippen LogP contribution in [0.25, 0.3) is 0 Å². The quantitative estimate of drug-likeness (QED) is 0.843. The lowest BCUT2D eigenvalue weighted by Crippen LogP contribution is -2.43. The number of hydrogen-bond donors (Lipinski definition) is 1. The van der Waals surface area contributed by atoms with Crippen molar-refractivity contribution >= 4 is 21.6 Å². The van der Waals surface area contributed by atoms with Crippen LogP contribution in [-0.4, -0.2) is 38.3 Å². The van der Waals surface area contributed by atoms with E-state index in [9.17, 15) is 13.2 Å². The molecule has 7 heteroatoms. The fourth-order valence-corrected chi connectivity index (χ4v) is 4.77. The minimum absolute atomic E-state index is 0.212. The Kier molecular flexibility index (Phi) is 5.70. The van der Waals surface area contributed by atoms with Gasteiger partial charge in [-0.15, -0.1) is 0 Å². The number of ether oxygens (including phenoxy) is 1. The molecule has 138 valence electrons. The minimum Gasteiger partial charge on any atom is -0.380 e. The van der Waals surface area contributed by atoms with Gasteiger partial charge in [-0.25, -0.2) is 8.42 Å². The molecule has 0 aromatic heterocycles. The van der Waals surface area contributed by atoms with E-state index in [0.717, 1.165) is 5.56 Å². The summed E-state index contributed by atoms with van der Waals surface area (Å²) in [6.45, 7) is 0.849. The minimum atomic E-state index is -3.68. The summed E-state index contributed by atoms with van der Waals surface area (Å²) >= 11 is 0. The van der Waals surface area contributed by atoms with Gasteiger partial charge in [0, 0.05) is 19.3 Å². The predicted octanol–water partition coefficient (Wildman–Crippen LogP) is 2.62. The van der Waals surface area contributed by atoms with Crippen molar-refractivity contribution in [3.63, 3.8) is 0 Å². The third-order valence-corrected chi connectivity index (χ3v) is 6.31. The van der Waals surface area contributed by atoms with Crippen LogP contribution in [0.3, 0.4) is 0 Å². The topological polar surface area (TPSA) is 75.7 Å². The summed E-state index contributed by atoms with van der Waals surface area (Å²) < 4.78 is 32.1. The highest BCUT2D eigenvalue weighted by molar-refractivity contribution is 7.89. The first-order valence-electron chi connectivity index (χ1n) is 8.48. The van der Waals surface area contributed by atoms with Gasteiger partial charge in [0.05, 0.1) is 11.5 Å². The van der Waals surface area contributed by atoms with E-state index in [1.54, 1.807) is 49.6 Å². The van der Waals surface area contributed by atoms with Crippen molar-refractivity contribution in [2.24, 2.45) is 0 Å². The van der Waals surface area contributed by atoms with E-state index < -0.39 is 16.1 Å². The molecule has 0 aliphatic carbocycles. The first-order valence-corrected chi connectivity index (χ1v) is 9.92. The van der Waals surface area contributed by atoms with Crippen molar-refractivity contribution < 1.29 is 17.9 Å². The third kappa shape index (κ3) is 3.95. The van der Waals surface area contributed by atoms with E-state index in [1.807, 2.05) is 12.1 Å². The largest absolute Gasteiger partial charge is 0.380 e. The van der Waals surface area contributed by atoms with Crippen LogP contribution in [-0.2, 0) is 26.2 Å². The summed E-state index contributed by atoms with van der Waals surface area (Å²) in [5, 5.41) is 2.82. The Balaban J connectivity index is 1.74. The van der Waals surface area contributed by atoms with E-state index in [2.05, 4.69) is 5.32 Å². The average molecular weight is 374 g/mol. The lowest BCUT2D eigenvalue weighted by atomic mass is 10.2. The van der Waals surface area contributed by atoms with Crippen LogP contribution in [0.15, 0.2) is 59.5 Å². The number of anilines is 1. The van der Waals surface area contributed by atoms with E-state index in [1.165, 1.54) is 4.31 Å². The Labute approximate surface area is 153 Å². The highest BCUT2D eigenvalue weighted by atomic mass is 32.2. The Bertz CT molecular complexity index is 851. The standard InChI is InChI=1S/C19H22N2O4S/c1-25-14-15-9-11-16(12-10-15)20-19(22)18-8-5-13-21(18)26(23,24)17-6-3-2-4-7-17/h2-4,6-7,9-12,18H,5,8,13-14H2,1H3,(H,20,22)/t18-/m1/s1. The normalized spacial score (nSPS) is 18.0. The summed E-state index contributed by atoms with van der Waals surface area (Å²) in [4.78, 5) is 12.9. The lowest BCUT2D eigenvalue weighted by molar-refractivity contribution is -0.119. The molecule has 1 aliphatic rings. The fourth-order valence-electron chi connectivity index (χ4n) is 3.09. The summed E-state index contributed by atoms with van der Waals surface area (Å²) in [5.74, 6) is -0.304. The Morgan fingerprint density at radius 1 is 1.15 bits per heavy atom. The van der Waals surface area contributed by atoms with Gasteiger partial charge in [-0.2, -0.15) is 4.31 Å². The molecule has 0 bridgehead atoms. The lowest BCUT2D eigenvalue weighted by Gasteiger charge is -2.23. The Morgan fingerprint density at radius 2 is 1.85 bits per heavy atom. The molecular formula is C19H22N2O4S. The van der Waals surface area contributed by atoms with E-state index in [4.69, 9.17) is 4.74 Å². The molecule has 1 saturated heterocycles. The van der Waals surface area contributed by atoms with Crippen LogP contribution in [0.2, 0.25) is 0 Å². The molecule has 1 fully saturated rings. The molecule has 2 aromatic rings. The van der Waals surface area contributed by atoms with Crippen LogP contribution in [0.5, 0.6) is 0 Å². The predicted molar refractivity (Wildman–Crippen MR) is 99.1 cm³/mol. The SMILES string of the molecule is COCc1ccc(NC(=O)[C@H]2CCCN2S(=O)(=O)c2ccccc2)cc1. The van der Waals surface area contributed by atoms with Crippen LogP contribution in [0, 0.1) is 0 Å². The molecule has 0 spiro atoms. The Morgan fingerprint density at radius 3 is 2.50 bits per heavy atom. The zero-order valence-corrected chi connectivity index (χ0v) is 15.4. The summed E-state index contributed by atoms with van der Waals surface area (Å²) in [6, 6.07) is 14.8. The maximum absolute atomic E-state index is 12.9. The molecule has 26 heavy (non-hydrogen) atoms. The monoisotopic (exact) mass is 374 g/mol. The molecule has 6 nitrogen and oxygen atoms in total. The summed E-state index contributed by atoms with van der Waals surface area (Å²) in [5.41, 5.74) is 1.64. The highest BCUT2D eigenvalue weighted by Gasteiger charge is 2.39. The van der Waals surface area contributed by atoms with Gasteiger partial charge in [0.15, 0.2) is 0 Å². The molecule has 0 saturated carbocycles. The molecular weight excluding hydrogens is 352 g/mol. The van der Waals surface area contributed by atoms with Gasteiger partial charge in [0.25, 0.3) is 0 Å². The Hall–Kier alpha value is -2.22. The number of methoxy groups -OCH3 is 1. The molecule has 0 radical (unpaired) electrons. The van der Waals surface area contributed by atoms with Crippen LogP contribution in [0.4, 0.5) is 5.69 Å². The van der Waals surface area contributed by atoms with Crippen molar-refractivity contribution in [1.29, 1.82) is 0 Å². The second-order valence-corrected chi connectivity index (χ2v) is 8.10. The van der Waals surface area contributed by atoms with Gasteiger partial charge in [-0.05, 0) is 42.7 Å². The molecule has 1 amide bonds. The number of hydrogen-bond acceptors (Lipinski definition) is 4.